The monoisotopic (exact) mass is 374 g/mol. The largest absolute Gasteiger partial charge is 0.377 e. The third-order valence-electron chi connectivity index (χ3n) is 3.86. The number of fused-ring (bicyclic) bond motifs is 2. The number of hydrogen-bond donors (Lipinski definition) is 0. The summed E-state index contributed by atoms with van der Waals surface area (Å²) in [5, 5.41) is 3.55. The lowest BCUT2D eigenvalue weighted by Crippen LogP contribution is -2.45. The second-order valence-corrected chi connectivity index (χ2v) is 6.96. The van der Waals surface area contributed by atoms with E-state index in [1.807, 2.05) is 9.95 Å². The van der Waals surface area contributed by atoms with Gasteiger partial charge in [-0.05, 0) is 28.8 Å². The Kier molecular flexibility index (Phi) is 3.25. The number of ether oxygens (including phenoxy) is 1. The number of anilines is 1. The van der Waals surface area contributed by atoms with Crippen molar-refractivity contribution in [2.45, 2.75) is 24.9 Å². The fourth-order valence-corrected chi connectivity index (χ4v) is 4.35. The normalized spacial score (nSPS) is 25.4. The van der Waals surface area contributed by atoms with Gasteiger partial charge in [-0.1, -0.05) is 11.6 Å². The van der Waals surface area contributed by atoms with Crippen LogP contribution in [0.2, 0.25) is 5.15 Å². The summed E-state index contributed by atoms with van der Waals surface area (Å²) in [5.74, 6) is 0.849. The molecule has 8 heteroatoms. The maximum absolute atomic E-state index is 5.96. The molecule has 0 N–H and O–H groups in total. The predicted molar refractivity (Wildman–Crippen MR) is 82.1 cm³/mol. The zero-order chi connectivity index (χ0) is 13.7. The van der Waals surface area contributed by atoms with Gasteiger partial charge in [-0.3, -0.25) is 4.57 Å². The summed E-state index contributed by atoms with van der Waals surface area (Å²) in [6.45, 7) is 1.62. The van der Waals surface area contributed by atoms with Crippen LogP contribution in [-0.2, 0) is 4.74 Å². The second kappa shape index (κ2) is 4.98. The number of halogens is 2. The molecule has 2 aromatic rings. The topological polar surface area (TPSA) is 43.2 Å². The molecular formula is C12H12BrClN4OS. The van der Waals surface area contributed by atoms with Crippen molar-refractivity contribution < 1.29 is 4.74 Å². The van der Waals surface area contributed by atoms with E-state index in [1.54, 1.807) is 17.7 Å². The Bertz CT molecular complexity index is 629. The van der Waals surface area contributed by atoms with Crippen LogP contribution in [0.25, 0.3) is 5.82 Å². The van der Waals surface area contributed by atoms with E-state index in [0.717, 1.165) is 28.8 Å². The summed E-state index contributed by atoms with van der Waals surface area (Å²) in [7, 11) is 0. The summed E-state index contributed by atoms with van der Waals surface area (Å²) < 4.78 is 8.21. The van der Waals surface area contributed by atoms with E-state index >= 15 is 0 Å². The van der Waals surface area contributed by atoms with Gasteiger partial charge in [0.1, 0.15) is 10.9 Å². The van der Waals surface area contributed by atoms with Gasteiger partial charge in [0.2, 0.25) is 0 Å². The second-order valence-electron chi connectivity index (χ2n) is 5.01. The molecule has 2 saturated heterocycles. The minimum atomic E-state index is 0.450. The lowest BCUT2D eigenvalue weighted by molar-refractivity contribution is 0.0906. The van der Waals surface area contributed by atoms with Gasteiger partial charge >= 0.3 is 0 Å². The van der Waals surface area contributed by atoms with E-state index in [2.05, 4.69) is 25.8 Å². The van der Waals surface area contributed by atoms with E-state index < -0.39 is 0 Å². The first kappa shape index (κ1) is 13.1. The molecule has 2 atom stereocenters. The number of nitrogens with zero attached hydrogens (tertiary/aromatic N) is 4. The zero-order valence-corrected chi connectivity index (χ0v) is 13.7. The number of imidazole rings is 1. The van der Waals surface area contributed by atoms with Crippen LogP contribution in [0.3, 0.4) is 0 Å². The van der Waals surface area contributed by atoms with Crippen molar-refractivity contribution in [2.24, 2.45) is 0 Å². The van der Waals surface area contributed by atoms with Gasteiger partial charge in [0.25, 0.3) is 0 Å². The maximum atomic E-state index is 5.96. The lowest BCUT2D eigenvalue weighted by Gasteiger charge is -2.34. The van der Waals surface area contributed by atoms with Crippen molar-refractivity contribution in [3.63, 3.8) is 0 Å². The van der Waals surface area contributed by atoms with E-state index in [-0.39, 0.29) is 0 Å². The molecule has 0 unspecified atom stereocenters. The van der Waals surface area contributed by atoms with E-state index in [9.17, 15) is 0 Å². The third-order valence-corrected chi connectivity index (χ3v) is 5.96. The summed E-state index contributed by atoms with van der Waals surface area (Å²) in [5.41, 5.74) is 0. The highest BCUT2D eigenvalue weighted by molar-refractivity contribution is 9.10. The van der Waals surface area contributed by atoms with Gasteiger partial charge in [-0.25, -0.2) is 9.97 Å². The molecule has 106 valence electrons. The highest BCUT2D eigenvalue weighted by Gasteiger charge is 2.38. The Morgan fingerprint density at radius 1 is 1.35 bits per heavy atom. The molecule has 2 aliphatic heterocycles. The van der Waals surface area contributed by atoms with E-state index in [1.165, 1.54) is 12.8 Å². The van der Waals surface area contributed by atoms with Gasteiger partial charge in [0, 0.05) is 5.38 Å². The zero-order valence-electron chi connectivity index (χ0n) is 10.5. The van der Waals surface area contributed by atoms with Gasteiger partial charge in [0.05, 0.1) is 25.3 Å². The molecule has 0 aliphatic carbocycles. The van der Waals surface area contributed by atoms with Crippen molar-refractivity contribution in [3.05, 3.63) is 21.5 Å². The first-order chi connectivity index (χ1) is 9.74. The van der Waals surface area contributed by atoms with Crippen molar-refractivity contribution in [3.8, 4) is 5.82 Å². The van der Waals surface area contributed by atoms with Crippen LogP contribution in [-0.4, -0.2) is 39.8 Å². The Morgan fingerprint density at radius 3 is 2.75 bits per heavy atom. The smallest absolute Gasteiger partial charge is 0.188 e. The SMILES string of the molecule is Clc1ncn(-c2csc(N3[C@@H]4CC[C@H]3COC4)n2)c1Br. The van der Waals surface area contributed by atoms with Gasteiger partial charge in [-0.15, -0.1) is 11.3 Å². The highest BCUT2D eigenvalue weighted by atomic mass is 79.9. The molecule has 0 amide bonds. The minimum Gasteiger partial charge on any atom is -0.377 e. The molecule has 0 aromatic carbocycles. The maximum Gasteiger partial charge on any atom is 0.188 e. The number of thiazole rings is 1. The Balaban J connectivity index is 1.67. The van der Waals surface area contributed by atoms with Gasteiger partial charge in [-0.2, -0.15) is 0 Å². The summed E-state index contributed by atoms with van der Waals surface area (Å²) in [6, 6.07) is 0.949. The molecule has 0 radical (unpaired) electrons. The van der Waals surface area contributed by atoms with Crippen molar-refractivity contribution in [1.82, 2.24) is 14.5 Å². The summed E-state index contributed by atoms with van der Waals surface area (Å²) in [6.07, 6.45) is 4.07. The average Bonchev–Trinajstić information content (AvgIpc) is 3.09. The van der Waals surface area contributed by atoms with Crippen LogP contribution in [0, 0.1) is 0 Å². The molecule has 2 aliphatic rings. The highest BCUT2D eigenvalue weighted by Crippen LogP contribution is 2.36. The molecule has 4 rings (SSSR count). The van der Waals surface area contributed by atoms with Crippen LogP contribution in [0.5, 0.6) is 0 Å². The third kappa shape index (κ3) is 1.99. The summed E-state index contributed by atoms with van der Waals surface area (Å²) in [4.78, 5) is 11.2. The van der Waals surface area contributed by atoms with Gasteiger partial charge < -0.3 is 9.64 Å². The van der Waals surface area contributed by atoms with E-state index in [4.69, 9.17) is 21.3 Å². The van der Waals surface area contributed by atoms with Crippen LogP contribution < -0.4 is 4.90 Å². The van der Waals surface area contributed by atoms with E-state index in [0.29, 0.717) is 17.2 Å². The Labute approximate surface area is 133 Å². The van der Waals surface area contributed by atoms with Crippen molar-refractivity contribution in [2.75, 3.05) is 18.1 Å². The van der Waals surface area contributed by atoms with Crippen LogP contribution in [0.15, 0.2) is 16.3 Å². The number of hydrogen-bond acceptors (Lipinski definition) is 5. The number of rotatable bonds is 2. The van der Waals surface area contributed by atoms with Crippen LogP contribution in [0.4, 0.5) is 5.13 Å². The molecule has 0 saturated carbocycles. The molecule has 2 fully saturated rings. The minimum absolute atomic E-state index is 0.450. The fraction of sp³-hybridized carbons (Fsp3) is 0.500. The van der Waals surface area contributed by atoms with Crippen LogP contribution in [0.1, 0.15) is 12.8 Å². The average molecular weight is 376 g/mol. The fourth-order valence-electron chi connectivity index (χ4n) is 2.90. The standard InChI is InChI=1S/C12H12BrClN4OS/c13-10-11(14)15-6-17(10)9-5-20-12(16-9)18-7-1-2-8(18)4-19-3-7/h5-8H,1-4H2/t7-,8+. The molecule has 0 spiro atoms. The molecule has 2 bridgehead atoms. The molecule has 20 heavy (non-hydrogen) atoms. The molecule has 2 aromatic heterocycles. The Morgan fingerprint density at radius 2 is 2.10 bits per heavy atom. The first-order valence-corrected chi connectivity index (χ1v) is 8.49. The molecule has 4 heterocycles. The quantitative estimate of drug-likeness (QED) is 0.809. The van der Waals surface area contributed by atoms with Gasteiger partial charge in [0.15, 0.2) is 16.1 Å². The summed E-state index contributed by atoms with van der Waals surface area (Å²) >= 11 is 11.1. The molecule has 5 nitrogen and oxygen atoms in total. The van der Waals surface area contributed by atoms with Crippen LogP contribution >= 0.6 is 38.9 Å². The first-order valence-electron chi connectivity index (χ1n) is 6.44. The van der Waals surface area contributed by atoms with Crippen molar-refractivity contribution in [1.29, 1.82) is 0 Å². The number of morpholine rings is 1. The lowest BCUT2D eigenvalue weighted by atomic mass is 10.2. The van der Waals surface area contributed by atoms with Crippen molar-refractivity contribution >= 4 is 44.0 Å². The Hall–Kier alpha value is -0.630. The molecular weight excluding hydrogens is 364 g/mol. The predicted octanol–water partition coefficient (Wildman–Crippen LogP) is 3.11. The number of aromatic nitrogens is 3.